The molecule has 4 rings (SSSR count). The van der Waals surface area contributed by atoms with E-state index in [1.54, 1.807) is 60.7 Å². The topological polar surface area (TPSA) is 59.1 Å². The maximum Gasteiger partial charge on any atom is 0.265 e. The molecular weight excluding hydrogens is 366 g/mol. The molecule has 3 aromatic carbocycles. The van der Waals surface area contributed by atoms with Gasteiger partial charge in [0.15, 0.2) is 0 Å². The van der Waals surface area contributed by atoms with Gasteiger partial charge in [0, 0.05) is 11.1 Å². The Balaban J connectivity index is 1.78. The average molecular weight is 387 g/mol. The van der Waals surface area contributed by atoms with Crippen LogP contribution in [0.4, 0.5) is 5.69 Å². The molecule has 1 atom stereocenters. The summed E-state index contributed by atoms with van der Waals surface area (Å²) in [5.41, 5.74) is 2.19. The number of epoxide rings is 1. The first-order chi connectivity index (χ1) is 14.1. The van der Waals surface area contributed by atoms with Gasteiger partial charge in [-0.05, 0) is 48.9 Å². The Morgan fingerprint density at radius 2 is 1.48 bits per heavy atom. The first kappa shape index (κ1) is 18.9. The lowest BCUT2D eigenvalue weighted by Crippen LogP contribution is -2.37. The van der Waals surface area contributed by atoms with Crippen LogP contribution in [-0.2, 0) is 4.74 Å². The third-order valence-electron chi connectivity index (χ3n) is 4.63. The summed E-state index contributed by atoms with van der Waals surface area (Å²) in [6.45, 7) is 2.95. The number of imide groups is 1. The molecule has 1 fully saturated rings. The van der Waals surface area contributed by atoms with E-state index in [2.05, 4.69) is 0 Å². The standard InChI is InChI=1S/C24H21NO4/c1-17-12-13-22(29-16-20-15-28-20)21(14-17)25(23(26)18-8-4-2-5-9-18)24(27)19-10-6-3-7-11-19/h2-14,20H,15-16H2,1H3. The van der Waals surface area contributed by atoms with E-state index in [4.69, 9.17) is 9.47 Å². The van der Waals surface area contributed by atoms with Crippen LogP contribution in [0.2, 0.25) is 0 Å². The van der Waals surface area contributed by atoms with Gasteiger partial charge in [-0.15, -0.1) is 0 Å². The van der Waals surface area contributed by atoms with Crippen LogP contribution in [0.5, 0.6) is 5.75 Å². The van der Waals surface area contributed by atoms with E-state index in [-0.39, 0.29) is 6.10 Å². The minimum Gasteiger partial charge on any atom is -0.489 e. The lowest BCUT2D eigenvalue weighted by molar-refractivity contribution is 0.0896. The van der Waals surface area contributed by atoms with Gasteiger partial charge >= 0.3 is 0 Å². The van der Waals surface area contributed by atoms with Crippen molar-refractivity contribution in [2.75, 3.05) is 18.1 Å². The second-order valence-electron chi connectivity index (χ2n) is 6.92. The monoisotopic (exact) mass is 387 g/mol. The van der Waals surface area contributed by atoms with Gasteiger partial charge in [0.25, 0.3) is 11.8 Å². The largest absolute Gasteiger partial charge is 0.489 e. The lowest BCUT2D eigenvalue weighted by atomic mass is 10.1. The second-order valence-corrected chi connectivity index (χ2v) is 6.92. The summed E-state index contributed by atoms with van der Waals surface area (Å²) in [5.74, 6) is -0.338. The van der Waals surface area contributed by atoms with Crippen LogP contribution >= 0.6 is 0 Å². The summed E-state index contributed by atoms with van der Waals surface area (Å²) in [7, 11) is 0. The first-order valence-corrected chi connectivity index (χ1v) is 9.47. The fourth-order valence-electron chi connectivity index (χ4n) is 3.00. The van der Waals surface area contributed by atoms with Crippen LogP contribution in [-0.4, -0.2) is 31.1 Å². The number of aryl methyl sites for hydroxylation is 1. The highest BCUT2D eigenvalue weighted by atomic mass is 16.6. The second kappa shape index (κ2) is 8.29. The number of carbonyl (C=O) groups excluding carboxylic acids is 2. The number of ether oxygens (including phenoxy) is 2. The number of hydrogen-bond donors (Lipinski definition) is 0. The summed E-state index contributed by atoms with van der Waals surface area (Å²) in [5, 5.41) is 0. The quantitative estimate of drug-likeness (QED) is 0.468. The lowest BCUT2D eigenvalue weighted by Gasteiger charge is -2.24. The van der Waals surface area contributed by atoms with Gasteiger partial charge in [-0.1, -0.05) is 42.5 Å². The van der Waals surface area contributed by atoms with Crippen molar-refractivity contribution in [3.8, 4) is 5.75 Å². The van der Waals surface area contributed by atoms with E-state index < -0.39 is 11.8 Å². The molecule has 2 amide bonds. The van der Waals surface area contributed by atoms with E-state index in [9.17, 15) is 9.59 Å². The molecular formula is C24H21NO4. The molecule has 0 aromatic heterocycles. The molecule has 3 aromatic rings. The van der Waals surface area contributed by atoms with Crippen molar-refractivity contribution < 1.29 is 19.1 Å². The Labute approximate surface area is 169 Å². The number of carbonyl (C=O) groups is 2. The molecule has 0 spiro atoms. The Morgan fingerprint density at radius 3 is 2.00 bits per heavy atom. The highest BCUT2D eigenvalue weighted by molar-refractivity contribution is 6.26. The third kappa shape index (κ3) is 4.36. The predicted molar refractivity (Wildman–Crippen MR) is 110 cm³/mol. The van der Waals surface area contributed by atoms with Gasteiger partial charge in [0.1, 0.15) is 18.5 Å². The molecule has 5 nitrogen and oxygen atoms in total. The number of benzene rings is 3. The number of anilines is 1. The van der Waals surface area contributed by atoms with Gasteiger partial charge in [0.2, 0.25) is 0 Å². The third-order valence-corrected chi connectivity index (χ3v) is 4.63. The SMILES string of the molecule is Cc1ccc(OCC2CO2)c(N(C(=O)c2ccccc2)C(=O)c2ccccc2)c1. The average Bonchev–Trinajstić information content (AvgIpc) is 3.59. The highest BCUT2D eigenvalue weighted by Gasteiger charge is 2.30. The summed E-state index contributed by atoms with van der Waals surface area (Å²) < 4.78 is 11.1. The Bertz CT molecular complexity index is 962. The van der Waals surface area contributed by atoms with Crippen LogP contribution in [0.15, 0.2) is 78.9 Å². The predicted octanol–water partition coefficient (Wildman–Crippen LogP) is 4.26. The molecule has 1 saturated heterocycles. The van der Waals surface area contributed by atoms with Gasteiger partial charge in [0.05, 0.1) is 12.3 Å². The molecule has 1 heterocycles. The zero-order chi connectivity index (χ0) is 20.2. The molecule has 0 bridgehead atoms. The van der Waals surface area contributed by atoms with Gasteiger partial charge < -0.3 is 9.47 Å². The Hall–Kier alpha value is -3.44. The smallest absolute Gasteiger partial charge is 0.265 e. The van der Waals surface area contributed by atoms with Crippen LogP contribution < -0.4 is 9.64 Å². The normalized spacial score (nSPS) is 14.9. The summed E-state index contributed by atoms with van der Waals surface area (Å²) in [6.07, 6.45) is 0.0623. The van der Waals surface area contributed by atoms with E-state index in [1.807, 2.05) is 25.1 Å². The minimum absolute atomic E-state index is 0.0623. The molecule has 0 saturated carbocycles. The zero-order valence-corrected chi connectivity index (χ0v) is 16.1. The zero-order valence-electron chi connectivity index (χ0n) is 16.1. The van der Waals surface area contributed by atoms with E-state index >= 15 is 0 Å². The molecule has 146 valence electrons. The van der Waals surface area contributed by atoms with Crippen LogP contribution in [0.3, 0.4) is 0 Å². The van der Waals surface area contributed by atoms with Gasteiger partial charge in [-0.2, -0.15) is 0 Å². The van der Waals surface area contributed by atoms with E-state index in [1.165, 1.54) is 4.90 Å². The maximum atomic E-state index is 13.4. The molecule has 5 heteroatoms. The molecule has 1 unspecified atom stereocenters. The molecule has 1 aliphatic rings. The molecule has 1 aliphatic heterocycles. The number of nitrogens with zero attached hydrogens (tertiary/aromatic N) is 1. The summed E-state index contributed by atoms with van der Waals surface area (Å²) in [4.78, 5) is 28.0. The summed E-state index contributed by atoms with van der Waals surface area (Å²) in [6, 6.07) is 23.0. The fraction of sp³-hybridized carbons (Fsp3) is 0.167. The minimum atomic E-state index is -0.405. The molecule has 0 radical (unpaired) electrons. The van der Waals surface area contributed by atoms with Crippen molar-refractivity contribution in [1.29, 1.82) is 0 Å². The molecule has 29 heavy (non-hydrogen) atoms. The van der Waals surface area contributed by atoms with Crippen molar-refractivity contribution in [3.63, 3.8) is 0 Å². The number of rotatable bonds is 6. The number of hydrogen-bond acceptors (Lipinski definition) is 4. The Kier molecular flexibility index (Phi) is 5.40. The highest BCUT2D eigenvalue weighted by Crippen LogP contribution is 2.33. The van der Waals surface area contributed by atoms with Crippen LogP contribution in [0.25, 0.3) is 0 Å². The summed E-state index contributed by atoms with van der Waals surface area (Å²) >= 11 is 0. The van der Waals surface area contributed by atoms with Crippen molar-refractivity contribution in [1.82, 2.24) is 0 Å². The number of amides is 2. The van der Waals surface area contributed by atoms with Crippen LogP contribution in [0, 0.1) is 6.92 Å². The van der Waals surface area contributed by atoms with Gasteiger partial charge in [-0.3, -0.25) is 9.59 Å². The molecule has 0 N–H and O–H groups in total. The molecule has 0 aliphatic carbocycles. The fourth-order valence-corrected chi connectivity index (χ4v) is 3.00. The Morgan fingerprint density at radius 1 is 0.931 bits per heavy atom. The van der Waals surface area contributed by atoms with Crippen molar-refractivity contribution in [2.24, 2.45) is 0 Å². The van der Waals surface area contributed by atoms with E-state index in [0.717, 1.165) is 5.56 Å². The van der Waals surface area contributed by atoms with Crippen molar-refractivity contribution in [2.45, 2.75) is 13.0 Å². The van der Waals surface area contributed by atoms with Crippen molar-refractivity contribution >= 4 is 17.5 Å². The van der Waals surface area contributed by atoms with E-state index in [0.29, 0.717) is 35.8 Å². The maximum absolute atomic E-state index is 13.4. The van der Waals surface area contributed by atoms with Crippen LogP contribution in [0.1, 0.15) is 26.3 Å². The first-order valence-electron chi connectivity index (χ1n) is 9.47. The van der Waals surface area contributed by atoms with Crippen molar-refractivity contribution in [3.05, 3.63) is 95.6 Å². The van der Waals surface area contributed by atoms with Gasteiger partial charge in [-0.25, -0.2) is 4.90 Å².